The smallest absolute Gasteiger partial charge is 0.313 e. The van der Waals surface area contributed by atoms with Crippen molar-refractivity contribution in [3.63, 3.8) is 0 Å². The highest BCUT2D eigenvalue weighted by atomic mass is 35.5. The molecule has 0 aromatic heterocycles. The van der Waals surface area contributed by atoms with Gasteiger partial charge in [-0.15, -0.1) is 0 Å². The van der Waals surface area contributed by atoms with Crippen LogP contribution in [0.15, 0.2) is 12.1 Å². The number of carbonyl (C=O) groups is 2. The molecule has 0 aliphatic rings. The fourth-order valence-electron chi connectivity index (χ4n) is 1.54. The minimum Gasteiger partial charge on any atom is -0.393 e. The topological polar surface area (TPSA) is 78.4 Å². The lowest BCUT2D eigenvalue weighted by Gasteiger charge is -2.10. The predicted octanol–water partition coefficient (Wildman–Crippen LogP) is 2.52. The minimum atomic E-state index is -0.808. The van der Waals surface area contributed by atoms with Gasteiger partial charge in [0.25, 0.3) is 0 Å². The highest BCUT2D eigenvalue weighted by molar-refractivity contribution is 6.40. The summed E-state index contributed by atoms with van der Waals surface area (Å²) in [4.78, 5) is 23.3. The summed E-state index contributed by atoms with van der Waals surface area (Å²) in [6, 6.07) is 3.05. The molecular weight excluding hydrogens is 315 g/mol. The number of amides is 2. The van der Waals surface area contributed by atoms with Crippen LogP contribution in [0, 0.1) is 6.92 Å². The maximum Gasteiger partial charge on any atom is 0.313 e. The van der Waals surface area contributed by atoms with Crippen molar-refractivity contribution >= 4 is 40.7 Å². The number of anilines is 1. The maximum absolute atomic E-state index is 11.7. The van der Waals surface area contributed by atoms with E-state index in [9.17, 15) is 14.7 Å². The zero-order valence-electron chi connectivity index (χ0n) is 11.9. The first-order chi connectivity index (χ1) is 9.85. The fraction of sp³-hybridized carbons (Fsp3) is 0.429. The summed E-state index contributed by atoms with van der Waals surface area (Å²) in [5, 5.41) is 15.0. The van der Waals surface area contributed by atoms with E-state index in [1.54, 1.807) is 6.92 Å². The van der Waals surface area contributed by atoms with Crippen LogP contribution in [0.1, 0.15) is 25.3 Å². The maximum atomic E-state index is 11.7. The molecule has 0 radical (unpaired) electrons. The molecule has 0 fully saturated rings. The van der Waals surface area contributed by atoms with Crippen LogP contribution in [0.3, 0.4) is 0 Å². The molecule has 7 heteroatoms. The third-order valence-electron chi connectivity index (χ3n) is 2.98. The zero-order chi connectivity index (χ0) is 16.0. The highest BCUT2D eigenvalue weighted by Crippen LogP contribution is 2.27. The van der Waals surface area contributed by atoms with Crippen molar-refractivity contribution in [2.24, 2.45) is 0 Å². The molecule has 1 unspecified atom stereocenters. The molecule has 0 saturated heterocycles. The van der Waals surface area contributed by atoms with Crippen molar-refractivity contribution in [2.75, 3.05) is 11.9 Å². The van der Waals surface area contributed by atoms with Crippen molar-refractivity contribution in [1.82, 2.24) is 5.32 Å². The van der Waals surface area contributed by atoms with Gasteiger partial charge >= 0.3 is 11.8 Å². The lowest BCUT2D eigenvalue weighted by molar-refractivity contribution is -0.136. The third kappa shape index (κ3) is 5.53. The molecule has 0 aliphatic carbocycles. The molecule has 21 heavy (non-hydrogen) atoms. The summed E-state index contributed by atoms with van der Waals surface area (Å²) in [5.74, 6) is -1.58. The van der Waals surface area contributed by atoms with Gasteiger partial charge in [0.05, 0.1) is 6.10 Å². The van der Waals surface area contributed by atoms with Crippen LogP contribution < -0.4 is 10.6 Å². The monoisotopic (exact) mass is 332 g/mol. The number of rotatable bonds is 5. The fourth-order valence-corrected chi connectivity index (χ4v) is 2.03. The molecule has 1 aromatic carbocycles. The van der Waals surface area contributed by atoms with Crippen molar-refractivity contribution in [3.8, 4) is 0 Å². The van der Waals surface area contributed by atoms with E-state index in [4.69, 9.17) is 23.2 Å². The number of benzene rings is 1. The number of aliphatic hydroxyl groups is 1. The van der Waals surface area contributed by atoms with Gasteiger partial charge in [0.2, 0.25) is 0 Å². The van der Waals surface area contributed by atoms with Crippen LogP contribution in [-0.4, -0.2) is 29.6 Å². The molecule has 1 rings (SSSR count). The van der Waals surface area contributed by atoms with E-state index in [1.807, 2.05) is 6.92 Å². The van der Waals surface area contributed by atoms with Crippen LogP contribution in [0.25, 0.3) is 0 Å². The van der Waals surface area contributed by atoms with Crippen LogP contribution >= 0.6 is 23.2 Å². The molecule has 0 bridgehead atoms. The summed E-state index contributed by atoms with van der Waals surface area (Å²) in [6.45, 7) is 3.82. The highest BCUT2D eigenvalue weighted by Gasteiger charge is 2.15. The standard InChI is InChI=1S/C14H18Cl2N2O3/c1-3-10(19)4-5-17-13(20)14(21)18-9-6-11(15)8(2)12(16)7-9/h6-7,10,19H,3-5H2,1-2H3,(H,17,20)(H,18,21). The molecule has 2 amide bonds. The second kappa shape index (κ2) is 8.22. The Hall–Kier alpha value is -1.30. The van der Waals surface area contributed by atoms with Crippen LogP contribution in [0.4, 0.5) is 5.69 Å². The van der Waals surface area contributed by atoms with Gasteiger partial charge in [0.15, 0.2) is 0 Å². The minimum absolute atomic E-state index is 0.233. The average molecular weight is 333 g/mol. The van der Waals surface area contributed by atoms with Crippen molar-refractivity contribution in [2.45, 2.75) is 32.8 Å². The van der Waals surface area contributed by atoms with Gasteiger partial charge < -0.3 is 15.7 Å². The van der Waals surface area contributed by atoms with E-state index in [0.717, 1.165) is 0 Å². The number of aliphatic hydroxyl groups excluding tert-OH is 1. The van der Waals surface area contributed by atoms with Crippen LogP contribution in [-0.2, 0) is 9.59 Å². The second-order valence-corrected chi connectivity index (χ2v) is 5.44. The van der Waals surface area contributed by atoms with Crippen LogP contribution in [0.2, 0.25) is 10.0 Å². The second-order valence-electron chi connectivity index (χ2n) is 4.63. The van der Waals surface area contributed by atoms with Gasteiger partial charge in [0, 0.05) is 22.3 Å². The van der Waals surface area contributed by atoms with Gasteiger partial charge in [-0.3, -0.25) is 9.59 Å². The summed E-state index contributed by atoms with van der Waals surface area (Å²) in [5.41, 5.74) is 1.05. The third-order valence-corrected chi connectivity index (χ3v) is 3.76. The molecular formula is C14H18Cl2N2O3. The van der Waals surface area contributed by atoms with E-state index in [0.29, 0.717) is 34.1 Å². The molecule has 0 saturated carbocycles. The number of nitrogens with one attached hydrogen (secondary N) is 2. The Labute approximate surface area is 133 Å². The van der Waals surface area contributed by atoms with E-state index in [1.165, 1.54) is 12.1 Å². The molecule has 0 heterocycles. The Kier molecular flexibility index (Phi) is 6.95. The van der Waals surface area contributed by atoms with Crippen LogP contribution in [0.5, 0.6) is 0 Å². The Morgan fingerprint density at radius 3 is 2.33 bits per heavy atom. The average Bonchev–Trinajstić information content (AvgIpc) is 2.44. The summed E-state index contributed by atoms with van der Waals surface area (Å²) in [6.07, 6.45) is 0.517. The van der Waals surface area contributed by atoms with Crippen molar-refractivity contribution < 1.29 is 14.7 Å². The summed E-state index contributed by atoms with van der Waals surface area (Å²) in [7, 11) is 0. The van der Waals surface area contributed by atoms with Gasteiger partial charge in [-0.05, 0) is 37.5 Å². The Morgan fingerprint density at radius 2 is 1.81 bits per heavy atom. The van der Waals surface area contributed by atoms with Crippen molar-refractivity contribution in [3.05, 3.63) is 27.7 Å². The molecule has 3 N–H and O–H groups in total. The van der Waals surface area contributed by atoms with Gasteiger partial charge in [0.1, 0.15) is 0 Å². The first kappa shape index (κ1) is 17.8. The molecule has 1 atom stereocenters. The van der Waals surface area contributed by atoms with E-state index in [2.05, 4.69) is 10.6 Å². The Morgan fingerprint density at radius 1 is 1.24 bits per heavy atom. The van der Waals surface area contributed by atoms with Gasteiger partial charge in [-0.1, -0.05) is 30.1 Å². The molecule has 0 spiro atoms. The Bertz CT molecular complexity index is 512. The Balaban J connectivity index is 2.55. The summed E-state index contributed by atoms with van der Waals surface area (Å²) < 4.78 is 0. The largest absolute Gasteiger partial charge is 0.393 e. The van der Waals surface area contributed by atoms with Gasteiger partial charge in [-0.25, -0.2) is 0 Å². The quantitative estimate of drug-likeness (QED) is 0.725. The van der Waals surface area contributed by atoms with Gasteiger partial charge in [-0.2, -0.15) is 0 Å². The lowest BCUT2D eigenvalue weighted by atomic mass is 10.2. The summed E-state index contributed by atoms with van der Waals surface area (Å²) >= 11 is 11.9. The van der Waals surface area contributed by atoms with E-state index >= 15 is 0 Å². The zero-order valence-corrected chi connectivity index (χ0v) is 13.4. The van der Waals surface area contributed by atoms with E-state index < -0.39 is 17.9 Å². The number of hydrogen-bond donors (Lipinski definition) is 3. The molecule has 116 valence electrons. The first-order valence-corrected chi connectivity index (χ1v) is 7.33. The predicted molar refractivity (Wildman–Crippen MR) is 83.8 cm³/mol. The molecule has 1 aromatic rings. The lowest BCUT2D eigenvalue weighted by Crippen LogP contribution is -2.36. The number of carbonyl (C=O) groups excluding carboxylic acids is 2. The SMILES string of the molecule is CCC(O)CCNC(=O)C(=O)Nc1cc(Cl)c(C)c(Cl)c1. The van der Waals surface area contributed by atoms with E-state index in [-0.39, 0.29) is 6.54 Å². The van der Waals surface area contributed by atoms with Crippen molar-refractivity contribution in [1.29, 1.82) is 0 Å². The normalized spacial score (nSPS) is 11.9. The number of halogens is 2. The molecule has 0 aliphatic heterocycles. The first-order valence-electron chi connectivity index (χ1n) is 6.58. The number of hydrogen-bond acceptors (Lipinski definition) is 3. The molecule has 5 nitrogen and oxygen atoms in total.